The second-order valence-corrected chi connectivity index (χ2v) is 5.73. The molecule has 24 heavy (non-hydrogen) atoms. The number of amides is 2. The lowest BCUT2D eigenvalue weighted by atomic mass is 10.1. The van der Waals surface area contributed by atoms with Crippen LogP contribution in [0.25, 0.3) is 0 Å². The summed E-state index contributed by atoms with van der Waals surface area (Å²) in [6, 6.07) is 10.8. The largest absolute Gasteiger partial charge is 0.416 e. The van der Waals surface area contributed by atoms with Crippen LogP contribution in [0, 0.1) is 0 Å². The smallest absolute Gasteiger partial charge is 0.343 e. The lowest BCUT2D eigenvalue weighted by Gasteiger charge is -2.09. The van der Waals surface area contributed by atoms with E-state index in [1.54, 1.807) is 24.3 Å². The van der Waals surface area contributed by atoms with Gasteiger partial charge in [0, 0.05) is 15.7 Å². The van der Waals surface area contributed by atoms with Gasteiger partial charge >= 0.3 is 6.18 Å². The lowest BCUT2D eigenvalue weighted by Crippen LogP contribution is -2.33. The Morgan fingerprint density at radius 2 is 1.71 bits per heavy atom. The van der Waals surface area contributed by atoms with Crippen LogP contribution in [0.15, 0.2) is 53.0 Å². The number of carbonyl (C=O) groups excluding carboxylic acids is 2. The van der Waals surface area contributed by atoms with Crippen molar-refractivity contribution in [1.82, 2.24) is 5.32 Å². The molecule has 0 saturated heterocycles. The summed E-state index contributed by atoms with van der Waals surface area (Å²) in [6.45, 7) is -0.356. The molecule has 126 valence electrons. The fourth-order valence-corrected chi connectivity index (χ4v) is 2.10. The van der Waals surface area contributed by atoms with E-state index >= 15 is 0 Å². The molecule has 2 rings (SSSR count). The summed E-state index contributed by atoms with van der Waals surface area (Å²) in [5.41, 5.74) is -0.549. The number of carbonyl (C=O) groups is 2. The van der Waals surface area contributed by atoms with Crippen molar-refractivity contribution in [2.24, 2.45) is 0 Å². The quantitative estimate of drug-likeness (QED) is 0.818. The van der Waals surface area contributed by atoms with Crippen LogP contribution in [-0.2, 0) is 11.0 Å². The normalized spacial score (nSPS) is 11.0. The van der Waals surface area contributed by atoms with Crippen LogP contribution in [0.3, 0.4) is 0 Å². The maximum absolute atomic E-state index is 12.6. The topological polar surface area (TPSA) is 58.2 Å². The van der Waals surface area contributed by atoms with Crippen LogP contribution in [-0.4, -0.2) is 18.4 Å². The Labute approximate surface area is 144 Å². The maximum Gasteiger partial charge on any atom is 0.416 e. The second-order valence-electron chi connectivity index (χ2n) is 4.82. The molecule has 2 amide bonds. The van der Waals surface area contributed by atoms with Crippen molar-refractivity contribution in [1.29, 1.82) is 0 Å². The molecular formula is C16H12BrF3N2O2. The van der Waals surface area contributed by atoms with Crippen molar-refractivity contribution >= 4 is 33.4 Å². The van der Waals surface area contributed by atoms with Gasteiger partial charge in [0.2, 0.25) is 5.91 Å². The molecular weight excluding hydrogens is 389 g/mol. The molecule has 0 aliphatic carbocycles. The molecule has 2 aromatic carbocycles. The van der Waals surface area contributed by atoms with Gasteiger partial charge in [-0.2, -0.15) is 13.2 Å². The third kappa shape index (κ3) is 5.09. The minimum atomic E-state index is -4.53. The molecule has 0 aromatic heterocycles. The van der Waals surface area contributed by atoms with Crippen LogP contribution in [0.5, 0.6) is 0 Å². The Morgan fingerprint density at radius 3 is 2.33 bits per heavy atom. The number of nitrogens with one attached hydrogen (secondary N) is 2. The average molecular weight is 401 g/mol. The van der Waals surface area contributed by atoms with Gasteiger partial charge in [0.15, 0.2) is 0 Å². The van der Waals surface area contributed by atoms with E-state index in [2.05, 4.69) is 26.6 Å². The lowest BCUT2D eigenvalue weighted by molar-refractivity contribution is -0.137. The molecule has 0 unspecified atom stereocenters. The number of anilines is 1. The summed E-state index contributed by atoms with van der Waals surface area (Å²) in [7, 11) is 0. The maximum atomic E-state index is 12.6. The first kappa shape index (κ1) is 18.0. The third-order valence-electron chi connectivity index (χ3n) is 2.99. The van der Waals surface area contributed by atoms with Gasteiger partial charge in [0.25, 0.3) is 5.91 Å². The Kier molecular flexibility index (Phi) is 5.61. The molecule has 8 heteroatoms. The molecule has 4 nitrogen and oxygen atoms in total. The fourth-order valence-electron chi connectivity index (χ4n) is 1.84. The molecule has 0 aliphatic heterocycles. The summed E-state index contributed by atoms with van der Waals surface area (Å²) in [6.07, 6.45) is -4.53. The highest BCUT2D eigenvalue weighted by molar-refractivity contribution is 9.10. The van der Waals surface area contributed by atoms with Crippen molar-refractivity contribution in [3.05, 3.63) is 64.1 Å². The van der Waals surface area contributed by atoms with E-state index in [4.69, 9.17) is 0 Å². The highest BCUT2D eigenvalue weighted by Gasteiger charge is 2.30. The minimum Gasteiger partial charge on any atom is -0.343 e. The van der Waals surface area contributed by atoms with E-state index < -0.39 is 23.6 Å². The number of hydrogen-bond acceptors (Lipinski definition) is 2. The fraction of sp³-hybridized carbons (Fsp3) is 0.125. The van der Waals surface area contributed by atoms with E-state index in [0.29, 0.717) is 5.69 Å². The van der Waals surface area contributed by atoms with Crippen LogP contribution in [0.1, 0.15) is 15.9 Å². The standard InChI is InChI=1S/C16H12BrF3N2O2/c17-12-4-6-13(7-5-12)22-14(23)9-21-15(24)10-2-1-3-11(8-10)16(18,19)20/h1-8H,9H2,(H,21,24)(H,22,23). The Morgan fingerprint density at radius 1 is 1.04 bits per heavy atom. The van der Waals surface area contributed by atoms with Crippen molar-refractivity contribution in [3.63, 3.8) is 0 Å². The second kappa shape index (κ2) is 7.48. The molecule has 0 spiro atoms. The average Bonchev–Trinajstić information content (AvgIpc) is 2.54. The van der Waals surface area contributed by atoms with Crippen molar-refractivity contribution < 1.29 is 22.8 Å². The number of alkyl halides is 3. The van der Waals surface area contributed by atoms with E-state index in [1.165, 1.54) is 6.07 Å². The zero-order chi connectivity index (χ0) is 17.7. The van der Waals surface area contributed by atoms with Crippen LogP contribution >= 0.6 is 15.9 Å². The molecule has 2 N–H and O–H groups in total. The van der Waals surface area contributed by atoms with E-state index in [1.807, 2.05) is 0 Å². The van der Waals surface area contributed by atoms with Crippen molar-refractivity contribution in [2.45, 2.75) is 6.18 Å². The highest BCUT2D eigenvalue weighted by Crippen LogP contribution is 2.29. The van der Waals surface area contributed by atoms with Gasteiger partial charge in [-0.15, -0.1) is 0 Å². The Bertz CT molecular complexity index is 746. The van der Waals surface area contributed by atoms with E-state index in [9.17, 15) is 22.8 Å². The number of hydrogen-bond donors (Lipinski definition) is 2. The van der Waals surface area contributed by atoms with E-state index in [-0.39, 0.29) is 12.1 Å². The molecule has 0 radical (unpaired) electrons. The highest BCUT2D eigenvalue weighted by atomic mass is 79.9. The summed E-state index contributed by atoms with van der Waals surface area (Å²) in [4.78, 5) is 23.6. The Balaban J connectivity index is 1.93. The first-order valence-corrected chi connectivity index (χ1v) is 7.56. The zero-order valence-electron chi connectivity index (χ0n) is 12.2. The van der Waals surface area contributed by atoms with Crippen molar-refractivity contribution in [2.75, 3.05) is 11.9 Å². The molecule has 0 heterocycles. The minimum absolute atomic E-state index is 0.165. The predicted molar refractivity (Wildman–Crippen MR) is 86.5 cm³/mol. The van der Waals surface area contributed by atoms with Gasteiger partial charge in [0.05, 0.1) is 12.1 Å². The van der Waals surface area contributed by atoms with Gasteiger partial charge in [-0.05, 0) is 42.5 Å². The summed E-state index contributed by atoms with van der Waals surface area (Å²) >= 11 is 3.26. The van der Waals surface area contributed by atoms with Gasteiger partial charge in [-0.3, -0.25) is 9.59 Å². The predicted octanol–water partition coefficient (Wildman–Crippen LogP) is 3.84. The molecule has 0 saturated carbocycles. The molecule has 0 atom stereocenters. The van der Waals surface area contributed by atoms with Crippen LogP contribution in [0.2, 0.25) is 0 Å². The first-order valence-electron chi connectivity index (χ1n) is 6.76. The van der Waals surface area contributed by atoms with Gasteiger partial charge in [-0.1, -0.05) is 22.0 Å². The SMILES string of the molecule is O=C(CNC(=O)c1cccc(C(F)(F)F)c1)Nc1ccc(Br)cc1. The van der Waals surface area contributed by atoms with E-state index in [0.717, 1.165) is 22.7 Å². The van der Waals surface area contributed by atoms with Crippen LogP contribution < -0.4 is 10.6 Å². The molecule has 0 fully saturated rings. The van der Waals surface area contributed by atoms with Gasteiger partial charge in [0.1, 0.15) is 0 Å². The monoisotopic (exact) mass is 400 g/mol. The summed E-state index contributed by atoms with van der Waals surface area (Å²) in [5.74, 6) is -1.25. The number of rotatable bonds is 4. The molecule has 2 aromatic rings. The molecule has 0 aliphatic rings. The summed E-state index contributed by atoms with van der Waals surface area (Å²) < 4.78 is 38.7. The summed E-state index contributed by atoms with van der Waals surface area (Å²) in [5, 5.41) is 4.84. The first-order chi connectivity index (χ1) is 11.3. The number of halogens is 4. The Hall–Kier alpha value is -2.35. The van der Waals surface area contributed by atoms with Crippen LogP contribution in [0.4, 0.5) is 18.9 Å². The number of benzene rings is 2. The van der Waals surface area contributed by atoms with Gasteiger partial charge < -0.3 is 10.6 Å². The van der Waals surface area contributed by atoms with Gasteiger partial charge in [-0.25, -0.2) is 0 Å². The van der Waals surface area contributed by atoms with Crippen molar-refractivity contribution in [3.8, 4) is 0 Å². The molecule has 0 bridgehead atoms. The third-order valence-corrected chi connectivity index (χ3v) is 3.52. The zero-order valence-corrected chi connectivity index (χ0v) is 13.7.